The summed E-state index contributed by atoms with van der Waals surface area (Å²) in [6.45, 7) is 8.03. The monoisotopic (exact) mass is 285 g/mol. The molecule has 0 spiro atoms. The number of fused-ring (bicyclic) bond motifs is 1. The van der Waals surface area contributed by atoms with E-state index < -0.39 is 0 Å². The van der Waals surface area contributed by atoms with Crippen LogP contribution in [0.25, 0.3) is 10.9 Å². The van der Waals surface area contributed by atoms with Crippen molar-refractivity contribution in [1.82, 2.24) is 14.8 Å². The molecule has 1 aromatic carbocycles. The molecule has 1 aliphatic heterocycles. The fourth-order valence-electron chi connectivity index (χ4n) is 3.53. The normalized spacial score (nSPS) is 19.2. The van der Waals surface area contributed by atoms with Crippen LogP contribution in [0, 0.1) is 6.92 Å². The highest BCUT2D eigenvalue weighted by atomic mass is 15.2. The van der Waals surface area contributed by atoms with E-state index in [-0.39, 0.29) is 0 Å². The summed E-state index contributed by atoms with van der Waals surface area (Å²) in [7, 11) is 4.29. The van der Waals surface area contributed by atoms with Crippen LogP contribution >= 0.6 is 0 Å². The van der Waals surface area contributed by atoms with Gasteiger partial charge in [0.15, 0.2) is 0 Å². The summed E-state index contributed by atoms with van der Waals surface area (Å²) in [5.41, 5.74) is 4.58. The molecule has 3 rings (SSSR count). The number of rotatable bonds is 3. The first-order valence-electron chi connectivity index (χ1n) is 7.98. The summed E-state index contributed by atoms with van der Waals surface area (Å²) in [6, 6.07) is 8.73. The Bertz CT molecular complexity index is 594. The molecule has 0 radical (unpaired) electrons. The summed E-state index contributed by atoms with van der Waals surface area (Å²) in [5.74, 6) is 0. The van der Waals surface area contributed by atoms with Gasteiger partial charge in [-0.2, -0.15) is 0 Å². The highest BCUT2D eigenvalue weighted by molar-refractivity contribution is 5.85. The molecule has 0 saturated carbocycles. The number of aromatic nitrogens is 1. The number of hydrogen-bond donors (Lipinski definition) is 1. The lowest BCUT2D eigenvalue weighted by Crippen LogP contribution is -2.49. The zero-order valence-electron chi connectivity index (χ0n) is 13.7. The minimum absolute atomic E-state index is 0.324. The summed E-state index contributed by atoms with van der Waals surface area (Å²) >= 11 is 0. The number of benzene rings is 1. The van der Waals surface area contributed by atoms with Gasteiger partial charge in [0.2, 0.25) is 0 Å². The average molecular weight is 285 g/mol. The molecule has 0 aliphatic carbocycles. The number of nitrogens with zero attached hydrogens (tertiary/aromatic N) is 2. The summed E-state index contributed by atoms with van der Waals surface area (Å²) in [6.07, 6.45) is 2.46. The highest BCUT2D eigenvalue weighted by Crippen LogP contribution is 2.27. The lowest BCUT2D eigenvalue weighted by atomic mass is 9.90. The Kier molecular flexibility index (Phi) is 3.80. The van der Waals surface area contributed by atoms with E-state index in [9.17, 15) is 0 Å². The molecule has 0 bridgehead atoms. The van der Waals surface area contributed by atoms with Crippen LogP contribution in [0.5, 0.6) is 0 Å². The van der Waals surface area contributed by atoms with Gasteiger partial charge < -0.3 is 9.88 Å². The average Bonchev–Trinajstić information content (AvgIpc) is 2.75. The first-order chi connectivity index (χ1) is 10.0. The molecule has 1 fully saturated rings. The maximum absolute atomic E-state index is 3.48. The van der Waals surface area contributed by atoms with Gasteiger partial charge in [-0.3, -0.25) is 4.90 Å². The fourth-order valence-corrected chi connectivity index (χ4v) is 3.53. The second-order valence-corrected chi connectivity index (χ2v) is 6.73. The van der Waals surface area contributed by atoms with Gasteiger partial charge in [0, 0.05) is 48.8 Å². The van der Waals surface area contributed by atoms with E-state index in [0.717, 1.165) is 6.54 Å². The molecule has 0 amide bonds. The third-order valence-corrected chi connectivity index (χ3v) is 5.44. The van der Waals surface area contributed by atoms with E-state index >= 15 is 0 Å². The molecule has 21 heavy (non-hydrogen) atoms. The van der Waals surface area contributed by atoms with Crippen LogP contribution in [0.1, 0.15) is 31.0 Å². The number of para-hydroxylation sites is 1. The van der Waals surface area contributed by atoms with Crippen molar-refractivity contribution in [3.05, 3.63) is 35.5 Å². The highest BCUT2D eigenvalue weighted by Gasteiger charge is 2.28. The van der Waals surface area contributed by atoms with Crippen molar-refractivity contribution in [2.75, 3.05) is 20.1 Å². The van der Waals surface area contributed by atoms with E-state index in [4.69, 9.17) is 0 Å². The van der Waals surface area contributed by atoms with Crippen molar-refractivity contribution in [2.24, 2.45) is 7.05 Å². The van der Waals surface area contributed by atoms with Crippen LogP contribution in [0.4, 0.5) is 0 Å². The van der Waals surface area contributed by atoms with E-state index in [2.05, 4.69) is 67.0 Å². The first kappa shape index (κ1) is 14.6. The van der Waals surface area contributed by atoms with Gasteiger partial charge in [-0.15, -0.1) is 0 Å². The molecule has 2 heterocycles. The molecular formula is C18H27N3. The van der Waals surface area contributed by atoms with Crippen LogP contribution < -0.4 is 5.32 Å². The summed E-state index contributed by atoms with van der Waals surface area (Å²) in [4.78, 5) is 2.60. The van der Waals surface area contributed by atoms with Crippen LogP contribution in [0.3, 0.4) is 0 Å². The van der Waals surface area contributed by atoms with Crippen molar-refractivity contribution in [3.63, 3.8) is 0 Å². The quantitative estimate of drug-likeness (QED) is 0.935. The molecule has 2 aromatic rings. The Morgan fingerprint density at radius 2 is 1.86 bits per heavy atom. The molecule has 1 aliphatic rings. The maximum Gasteiger partial charge on any atom is 0.0483 e. The Balaban J connectivity index is 1.80. The van der Waals surface area contributed by atoms with Crippen LogP contribution in [-0.4, -0.2) is 35.1 Å². The van der Waals surface area contributed by atoms with Crippen LogP contribution in [-0.2, 0) is 13.6 Å². The molecule has 0 atom stereocenters. The Morgan fingerprint density at radius 3 is 2.48 bits per heavy atom. The summed E-state index contributed by atoms with van der Waals surface area (Å²) < 4.78 is 2.37. The summed E-state index contributed by atoms with van der Waals surface area (Å²) in [5, 5.41) is 4.87. The van der Waals surface area contributed by atoms with Crippen molar-refractivity contribution < 1.29 is 0 Å². The molecule has 1 N–H and O–H groups in total. The standard InChI is InChI=1S/C18H27N3/c1-14-15-7-5-6-8-16(15)20(4)17(14)13-21-11-9-18(2,19-3)10-12-21/h5-8,19H,9-13H2,1-4H3. The van der Waals surface area contributed by atoms with Gasteiger partial charge in [-0.05, 0) is 45.4 Å². The van der Waals surface area contributed by atoms with E-state index in [1.165, 1.54) is 48.1 Å². The van der Waals surface area contributed by atoms with Gasteiger partial charge in [0.05, 0.1) is 0 Å². The molecular weight excluding hydrogens is 258 g/mol. The third-order valence-electron chi connectivity index (χ3n) is 5.44. The maximum atomic E-state index is 3.48. The Labute approximate surface area is 127 Å². The zero-order valence-corrected chi connectivity index (χ0v) is 13.7. The topological polar surface area (TPSA) is 20.2 Å². The van der Waals surface area contributed by atoms with Gasteiger partial charge in [-0.25, -0.2) is 0 Å². The van der Waals surface area contributed by atoms with Crippen molar-refractivity contribution in [2.45, 2.75) is 38.8 Å². The smallest absolute Gasteiger partial charge is 0.0483 e. The minimum Gasteiger partial charge on any atom is -0.346 e. The van der Waals surface area contributed by atoms with Crippen LogP contribution in [0.2, 0.25) is 0 Å². The molecule has 1 saturated heterocycles. The number of likely N-dealkylation sites (tertiary alicyclic amines) is 1. The number of aryl methyl sites for hydroxylation is 2. The Hall–Kier alpha value is -1.32. The second-order valence-electron chi connectivity index (χ2n) is 6.73. The van der Waals surface area contributed by atoms with Crippen molar-refractivity contribution >= 4 is 10.9 Å². The van der Waals surface area contributed by atoms with Crippen molar-refractivity contribution in [3.8, 4) is 0 Å². The molecule has 3 heteroatoms. The predicted molar refractivity (Wildman–Crippen MR) is 89.6 cm³/mol. The van der Waals surface area contributed by atoms with Crippen LogP contribution in [0.15, 0.2) is 24.3 Å². The molecule has 1 aromatic heterocycles. The second kappa shape index (κ2) is 5.47. The lowest BCUT2D eigenvalue weighted by molar-refractivity contribution is 0.144. The lowest BCUT2D eigenvalue weighted by Gasteiger charge is -2.39. The molecule has 0 unspecified atom stereocenters. The van der Waals surface area contributed by atoms with E-state index in [0.29, 0.717) is 5.54 Å². The van der Waals surface area contributed by atoms with Gasteiger partial charge in [-0.1, -0.05) is 18.2 Å². The van der Waals surface area contributed by atoms with Crippen molar-refractivity contribution in [1.29, 1.82) is 0 Å². The van der Waals surface area contributed by atoms with E-state index in [1.54, 1.807) is 0 Å². The first-order valence-corrected chi connectivity index (χ1v) is 7.98. The minimum atomic E-state index is 0.324. The molecule has 114 valence electrons. The fraction of sp³-hybridized carbons (Fsp3) is 0.556. The van der Waals surface area contributed by atoms with E-state index in [1.807, 2.05) is 0 Å². The predicted octanol–water partition coefficient (Wildman–Crippen LogP) is 3.06. The van der Waals surface area contributed by atoms with Gasteiger partial charge in [0.25, 0.3) is 0 Å². The Morgan fingerprint density at radius 1 is 1.19 bits per heavy atom. The number of hydrogen-bond acceptors (Lipinski definition) is 2. The van der Waals surface area contributed by atoms with Gasteiger partial charge >= 0.3 is 0 Å². The largest absolute Gasteiger partial charge is 0.346 e. The number of piperidine rings is 1. The SMILES string of the molecule is CNC1(C)CCN(Cc2c(C)c3ccccc3n2C)CC1. The zero-order chi connectivity index (χ0) is 15.0. The van der Waals surface area contributed by atoms with Gasteiger partial charge in [0.1, 0.15) is 0 Å². The number of nitrogens with one attached hydrogen (secondary N) is 1. The molecule has 3 nitrogen and oxygen atoms in total. The third kappa shape index (κ3) is 2.60.